The van der Waals surface area contributed by atoms with Gasteiger partial charge in [-0.15, -0.1) is 0 Å². The van der Waals surface area contributed by atoms with Gasteiger partial charge in [0.15, 0.2) is 0 Å². The van der Waals surface area contributed by atoms with Crippen LogP contribution in [0.3, 0.4) is 0 Å². The maximum Gasteiger partial charge on any atom is -0.0351 e. The molecule has 0 amide bonds. The summed E-state index contributed by atoms with van der Waals surface area (Å²) in [4.78, 5) is 0. The zero-order valence-corrected chi connectivity index (χ0v) is 6.81. The zero-order valence-electron chi connectivity index (χ0n) is 6.81. The van der Waals surface area contributed by atoms with Crippen LogP contribution in [-0.2, 0) is 0 Å². The summed E-state index contributed by atoms with van der Waals surface area (Å²) in [7, 11) is 0. The first-order valence-electron chi connectivity index (χ1n) is 4.65. The van der Waals surface area contributed by atoms with E-state index in [0.717, 1.165) is 0 Å². The second kappa shape index (κ2) is 5.52. The van der Waals surface area contributed by atoms with E-state index in [9.17, 15) is 0 Å². The summed E-state index contributed by atoms with van der Waals surface area (Å²) in [5.41, 5.74) is 0. The molecule has 0 saturated carbocycles. The minimum Gasteiger partial charge on any atom is -0.0885 e. The van der Waals surface area contributed by atoms with Crippen molar-refractivity contribution in [3.8, 4) is 0 Å². The lowest BCUT2D eigenvalue weighted by atomic mass is 10.1. The smallest absolute Gasteiger partial charge is 0.0351 e. The molecule has 0 heteroatoms. The lowest BCUT2D eigenvalue weighted by molar-refractivity contribution is 0.592. The number of allylic oxidation sites excluding steroid dienone is 2. The van der Waals surface area contributed by atoms with Crippen LogP contribution in [-0.4, -0.2) is 0 Å². The van der Waals surface area contributed by atoms with E-state index >= 15 is 0 Å². The molecule has 0 N–H and O–H groups in total. The Labute approximate surface area is 64.3 Å². The van der Waals surface area contributed by atoms with Gasteiger partial charge in [0.1, 0.15) is 0 Å². The van der Waals surface area contributed by atoms with Crippen LogP contribution in [0, 0.1) is 0 Å². The molecule has 0 aromatic carbocycles. The molecular formula is C10H18. The third kappa shape index (κ3) is 3.71. The van der Waals surface area contributed by atoms with Crippen molar-refractivity contribution in [1.29, 1.82) is 0 Å². The van der Waals surface area contributed by atoms with Crippen LogP contribution in [0.1, 0.15) is 51.4 Å². The van der Waals surface area contributed by atoms with Crippen LogP contribution >= 0.6 is 0 Å². The quantitative estimate of drug-likeness (QED) is 0.448. The van der Waals surface area contributed by atoms with Crippen molar-refractivity contribution < 1.29 is 0 Å². The highest BCUT2D eigenvalue weighted by molar-refractivity contribution is 4.81. The van der Waals surface area contributed by atoms with Gasteiger partial charge in [0.2, 0.25) is 0 Å². The van der Waals surface area contributed by atoms with E-state index in [-0.39, 0.29) is 0 Å². The summed E-state index contributed by atoms with van der Waals surface area (Å²) < 4.78 is 0. The van der Waals surface area contributed by atoms with Crippen LogP contribution in [0.5, 0.6) is 0 Å². The topological polar surface area (TPSA) is 0 Å². The van der Waals surface area contributed by atoms with Crippen molar-refractivity contribution in [3.05, 3.63) is 12.2 Å². The minimum absolute atomic E-state index is 1.32. The number of hydrogen-bond donors (Lipinski definition) is 0. The Kier molecular flexibility index (Phi) is 4.33. The Bertz CT molecular complexity index is 80.2. The average molecular weight is 138 g/mol. The van der Waals surface area contributed by atoms with E-state index in [4.69, 9.17) is 0 Å². The Hall–Kier alpha value is -0.260. The average Bonchev–Trinajstić information content (AvgIpc) is 2.01. The van der Waals surface area contributed by atoms with Crippen LogP contribution in [0.2, 0.25) is 0 Å². The molecule has 0 radical (unpaired) electrons. The standard InChI is InChI=1S/C10H18/c1-2-4-6-8-10-9-7-5-3-1/h1-2H,3-10H2. The predicted octanol–water partition coefficient (Wildman–Crippen LogP) is 3.68. The first-order valence-corrected chi connectivity index (χ1v) is 4.65. The summed E-state index contributed by atoms with van der Waals surface area (Å²) >= 11 is 0. The van der Waals surface area contributed by atoms with Crippen molar-refractivity contribution in [3.63, 3.8) is 0 Å². The van der Waals surface area contributed by atoms with Gasteiger partial charge in [0.25, 0.3) is 0 Å². The lowest BCUT2D eigenvalue weighted by Gasteiger charge is -2.01. The highest BCUT2D eigenvalue weighted by atomic mass is 14.0. The third-order valence-electron chi connectivity index (χ3n) is 2.16. The molecule has 10 heavy (non-hydrogen) atoms. The molecule has 0 heterocycles. The fourth-order valence-corrected chi connectivity index (χ4v) is 1.47. The minimum atomic E-state index is 1.32. The molecular weight excluding hydrogens is 120 g/mol. The maximum atomic E-state index is 2.35. The van der Waals surface area contributed by atoms with Gasteiger partial charge in [0, 0.05) is 0 Å². The van der Waals surface area contributed by atoms with E-state index in [2.05, 4.69) is 12.2 Å². The fraction of sp³-hybridized carbons (Fsp3) is 0.800. The van der Waals surface area contributed by atoms with Gasteiger partial charge in [-0.3, -0.25) is 0 Å². The van der Waals surface area contributed by atoms with Gasteiger partial charge in [-0.25, -0.2) is 0 Å². The molecule has 0 fully saturated rings. The molecule has 0 spiro atoms. The monoisotopic (exact) mass is 138 g/mol. The number of rotatable bonds is 0. The van der Waals surface area contributed by atoms with Crippen LogP contribution < -0.4 is 0 Å². The Morgan fingerprint density at radius 3 is 1.40 bits per heavy atom. The largest absolute Gasteiger partial charge is 0.0885 e. The summed E-state index contributed by atoms with van der Waals surface area (Å²) in [6.45, 7) is 0. The van der Waals surface area contributed by atoms with Crippen molar-refractivity contribution in [2.45, 2.75) is 51.4 Å². The van der Waals surface area contributed by atoms with Crippen molar-refractivity contribution >= 4 is 0 Å². The normalized spacial score (nSPS) is 22.4. The highest BCUT2D eigenvalue weighted by Gasteiger charge is 1.91. The van der Waals surface area contributed by atoms with Gasteiger partial charge in [-0.1, -0.05) is 37.8 Å². The summed E-state index contributed by atoms with van der Waals surface area (Å²) in [6, 6.07) is 0. The highest BCUT2D eigenvalue weighted by Crippen LogP contribution is 2.11. The van der Waals surface area contributed by atoms with Crippen LogP contribution in [0.4, 0.5) is 0 Å². The van der Waals surface area contributed by atoms with Gasteiger partial charge in [-0.2, -0.15) is 0 Å². The molecule has 1 aliphatic carbocycles. The SMILES string of the molecule is C1=CCCCCCCCC1. The molecule has 0 nitrogen and oxygen atoms in total. The fourth-order valence-electron chi connectivity index (χ4n) is 1.47. The summed E-state index contributed by atoms with van der Waals surface area (Å²) in [5.74, 6) is 0. The Balaban J connectivity index is 2.13. The van der Waals surface area contributed by atoms with Gasteiger partial charge in [0.05, 0.1) is 0 Å². The Morgan fingerprint density at radius 1 is 0.500 bits per heavy atom. The molecule has 0 aliphatic heterocycles. The molecule has 0 aromatic rings. The molecule has 0 unspecified atom stereocenters. The molecule has 0 saturated heterocycles. The first kappa shape index (κ1) is 7.84. The van der Waals surface area contributed by atoms with Crippen LogP contribution in [0.25, 0.3) is 0 Å². The summed E-state index contributed by atoms with van der Waals surface area (Å²) in [6.07, 6.45) is 16.0. The van der Waals surface area contributed by atoms with E-state index < -0.39 is 0 Å². The first-order chi connectivity index (χ1) is 5.00. The van der Waals surface area contributed by atoms with Crippen molar-refractivity contribution in [1.82, 2.24) is 0 Å². The predicted molar refractivity (Wildman–Crippen MR) is 46.1 cm³/mol. The molecule has 0 atom stereocenters. The van der Waals surface area contributed by atoms with E-state index in [0.29, 0.717) is 0 Å². The molecule has 1 aliphatic rings. The van der Waals surface area contributed by atoms with E-state index in [1.165, 1.54) is 51.4 Å². The van der Waals surface area contributed by atoms with Gasteiger partial charge >= 0.3 is 0 Å². The molecule has 0 aromatic heterocycles. The van der Waals surface area contributed by atoms with Gasteiger partial charge < -0.3 is 0 Å². The second-order valence-corrected chi connectivity index (χ2v) is 3.17. The molecule has 58 valence electrons. The van der Waals surface area contributed by atoms with E-state index in [1.807, 2.05) is 0 Å². The lowest BCUT2D eigenvalue weighted by Crippen LogP contribution is -1.81. The van der Waals surface area contributed by atoms with Crippen LogP contribution in [0.15, 0.2) is 12.2 Å². The van der Waals surface area contributed by atoms with Crippen molar-refractivity contribution in [2.24, 2.45) is 0 Å². The number of hydrogen-bond acceptors (Lipinski definition) is 0. The third-order valence-corrected chi connectivity index (χ3v) is 2.16. The summed E-state index contributed by atoms with van der Waals surface area (Å²) in [5, 5.41) is 0. The molecule has 0 bridgehead atoms. The molecule has 1 rings (SSSR count). The zero-order chi connectivity index (χ0) is 7.07. The van der Waals surface area contributed by atoms with E-state index in [1.54, 1.807) is 0 Å². The Morgan fingerprint density at radius 2 is 0.900 bits per heavy atom. The second-order valence-electron chi connectivity index (χ2n) is 3.17. The van der Waals surface area contributed by atoms with Gasteiger partial charge in [-0.05, 0) is 25.7 Å². The maximum absolute atomic E-state index is 2.35. The van der Waals surface area contributed by atoms with Crippen molar-refractivity contribution in [2.75, 3.05) is 0 Å².